The van der Waals surface area contributed by atoms with Crippen LogP contribution in [-0.4, -0.2) is 43.9 Å². The number of hydrogen-bond donors (Lipinski definition) is 1. The molecule has 1 rings (SSSR count). The highest BCUT2D eigenvalue weighted by molar-refractivity contribution is 5.40. The van der Waals surface area contributed by atoms with Crippen molar-refractivity contribution in [1.29, 1.82) is 0 Å². The molecule has 1 N–H and O–H groups in total. The normalized spacial score (nSPS) is 10.1. The molecule has 0 amide bonds. The van der Waals surface area contributed by atoms with Gasteiger partial charge in [-0.15, -0.1) is 0 Å². The minimum Gasteiger partial charge on any atom is -0.489 e. The van der Waals surface area contributed by atoms with Gasteiger partial charge in [0.25, 0.3) is 0 Å². The van der Waals surface area contributed by atoms with Gasteiger partial charge in [-0.2, -0.15) is 0 Å². The molecule has 0 spiro atoms. The summed E-state index contributed by atoms with van der Waals surface area (Å²) in [6, 6.07) is 4.52. The van der Waals surface area contributed by atoms with Gasteiger partial charge in [0.1, 0.15) is 6.61 Å². The van der Waals surface area contributed by atoms with E-state index in [9.17, 15) is 4.39 Å². The van der Waals surface area contributed by atoms with Crippen molar-refractivity contribution in [1.82, 2.24) is 4.90 Å². The van der Waals surface area contributed by atoms with Crippen molar-refractivity contribution >= 4 is 0 Å². The van der Waals surface area contributed by atoms with Gasteiger partial charge in [-0.1, -0.05) is 11.8 Å². The van der Waals surface area contributed by atoms with Crippen molar-refractivity contribution in [2.24, 2.45) is 0 Å². The van der Waals surface area contributed by atoms with E-state index in [1.54, 1.807) is 12.1 Å². The second-order valence-corrected chi connectivity index (χ2v) is 4.07. The lowest BCUT2D eigenvalue weighted by Gasteiger charge is -2.11. The van der Waals surface area contributed by atoms with E-state index >= 15 is 0 Å². The zero-order valence-electron chi connectivity index (χ0n) is 10.7. The molecule has 4 heteroatoms. The van der Waals surface area contributed by atoms with Crippen LogP contribution in [0.3, 0.4) is 0 Å². The average molecular weight is 251 g/mol. The maximum Gasteiger partial charge on any atom is 0.165 e. The molecule has 98 valence electrons. The molecule has 0 radical (unpaired) electrons. The van der Waals surface area contributed by atoms with E-state index in [-0.39, 0.29) is 18.2 Å². The number of nitrogens with zero attached hydrogens (tertiary/aromatic N) is 1. The van der Waals surface area contributed by atoms with Gasteiger partial charge in [0.2, 0.25) is 0 Å². The van der Waals surface area contributed by atoms with Crippen LogP contribution in [0.25, 0.3) is 0 Å². The lowest BCUT2D eigenvalue weighted by molar-refractivity contribution is 0.252. The molecule has 0 unspecified atom stereocenters. The summed E-state index contributed by atoms with van der Waals surface area (Å²) in [5, 5.41) is 8.62. The van der Waals surface area contributed by atoms with E-state index in [4.69, 9.17) is 9.84 Å². The van der Waals surface area contributed by atoms with Crippen LogP contribution in [0.2, 0.25) is 0 Å². The van der Waals surface area contributed by atoms with Gasteiger partial charge < -0.3 is 14.7 Å². The molecule has 0 saturated heterocycles. The van der Waals surface area contributed by atoms with E-state index in [1.807, 2.05) is 19.0 Å². The number of ether oxygens (including phenoxy) is 1. The molecule has 0 aliphatic rings. The molecule has 0 heterocycles. The Kier molecular flexibility index (Phi) is 6.20. The van der Waals surface area contributed by atoms with Crippen LogP contribution >= 0.6 is 0 Å². The SMILES string of the molecule is CN(C)CCOc1cc(C#CCCO)ccc1F. The second-order valence-electron chi connectivity index (χ2n) is 4.07. The lowest BCUT2D eigenvalue weighted by atomic mass is 10.2. The summed E-state index contributed by atoms with van der Waals surface area (Å²) in [4.78, 5) is 1.96. The minimum absolute atomic E-state index is 0.0282. The molecule has 1 aromatic rings. The Hall–Kier alpha value is -1.57. The van der Waals surface area contributed by atoms with Gasteiger partial charge in [0, 0.05) is 18.5 Å². The predicted octanol–water partition coefficient (Wildman–Crippen LogP) is 1.50. The fourth-order valence-electron chi connectivity index (χ4n) is 1.25. The van der Waals surface area contributed by atoms with E-state index in [0.717, 1.165) is 6.54 Å². The first-order chi connectivity index (χ1) is 8.63. The Morgan fingerprint density at radius 3 is 2.83 bits per heavy atom. The van der Waals surface area contributed by atoms with Crippen LogP contribution in [0.15, 0.2) is 18.2 Å². The number of aliphatic hydroxyl groups is 1. The Morgan fingerprint density at radius 2 is 2.17 bits per heavy atom. The third kappa shape index (κ3) is 5.17. The van der Waals surface area contributed by atoms with Gasteiger partial charge >= 0.3 is 0 Å². The maximum atomic E-state index is 13.5. The summed E-state index contributed by atoms with van der Waals surface area (Å²) in [6.45, 7) is 1.18. The molecule has 1 aromatic carbocycles. The number of benzene rings is 1. The molecule has 0 fully saturated rings. The van der Waals surface area contributed by atoms with Crippen molar-refractivity contribution < 1.29 is 14.2 Å². The fraction of sp³-hybridized carbons (Fsp3) is 0.429. The molecule has 0 aliphatic carbocycles. The van der Waals surface area contributed by atoms with Crippen molar-refractivity contribution in [3.63, 3.8) is 0 Å². The highest BCUT2D eigenvalue weighted by Crippen LogP contribution is 2.18. The number of aliphatic hydroxyl groups excluding tert-OH is 1. The van der Waals surface area contributed by atoms with Crippen LogP contribution < -0.4 is 4.74 Å². The quantitative estimate of drug-likeness (QED) is 0.805. The molecular weight excluding hydrogens is 233 g/mol. The van der Waals surface area contributed by atoms with Gasteiger partial charge in [-0.05, 0) is 32.3 Å². The Balaban J connectivity index is 2.67. The fourth-order valence-corrected chi connectivity index (χ4v) is 1.25. The Bertz CT molecular complexity index is 435. The van der Waals surface area contributed by atoms with Crippen LogP contribution in [0.4, 0.5) is 4.39 Å². The number of hydrogen-bond acceptors (Lipinski definition) is 3. The largest absolute Gasteiger partial charge is 0.489 e. The average Bonchev–Trinajstić information content (AvgIpc) is 2.33. The zero-order valence-corrected chi connectivity index (χ0v) is 10.7. The summed E-state index contributed by atoms with van der Waals surface area (Å²) >= 11 is 0. The third-order valence-electron chi connectivity index (χ3n) is 2.20. The van der Waals surface area contributed by atoms with Crippen LogP contribution in [0.5, 0.6) is 5.75 Å². The Morgan fingerprint density at radius 1 is 1.39 bits per heavy atom. The topological polar surface area (TPSA) is 32.7 Å². The summed E-state index contributed by atoms with van der Waals surface area (Å²) in [7, 11) is 3.85. The second kappa shape index (κ2) is 7.70. The molecular formula is C14H18FNO2. The first-order valence-electron chi connectivity index (χ1n) is 5.80. The predicted molar refractivity (Wildman–Crippen MR) is 69.0 cm³/mol. The number of rotatable bonds is 5. The summed E-state index contributed by atoms with van der Waals surface area (Å²) in [6.07, 6.45) is 0.411. The van der Waals surface area contributed by atoms with Crippen LogP contribution in [0, 0.1) is 17.7 Å². The summed E-state index contributed by atoms with van der Waals surface area (Å²) in [5.41, 5.74) is 0.685. The first kappa shape index (κ1) is 14.5. The lowest BCUT2D eigenvalue weighted by Crippen LogP contribution is -2.19. The van der Waals surface area contributed by atoms with Crippen LogP contribution in [-0.2, 0) is 0 Å². The molecule has 0 saturated carbocycles. The van der Waals surface area contributed by atoms with Crippen molar-refractivity contribution in [3.05, 3.63) is 29.6 Å². The van der Waals surface area contributed by atoms with E-state index in [2.05, 4.69) is 11.8 Å². The van der Waals surface area contributed by atoms with Gasteiger partial charge in [0.05, 0.1) is 6.61 Å². The van der Waals surface area contributed by atoms with E-state index in [0.29, 0.717) is 18.6 Å². The van der Waals surface area contributed by atoms with Crippen molar-refractivity contribution in [2.45, 2.75) is 6.42 Å². The molecule has 0 bridgehead atoms. The summed E-state index contributed by atoms with van der Waals surface area (Å²) in [5.74, 6) is 5.46. The molecule has 0 atom stereocenters. The van der Waals surface area contributed by atoms with E-state index in [1.165, 1.54) is 6.07 Å². The van der Waals surface area contributed by atoms with E-state index < -0.39 is 0 Å². The highest BCUT2D eigenvalue weighted by atomic mass is 19.1. The Labute approximate surface area is 107 Å². The molecule has 3 nitrogen and oxygen atoms in total. The van der Waals surface area contributed by atoms with Crippen molar-refractivity contribution in [2.75, 3.05) is 33.9 Å². The zero-order chi connectivity index (χ0) is 13.4. The third-order valence-corrected chi connectivity index (χ3v) is 2.20. The summed E-state index contributed by atoms with van der Waals surface area (Å²) < 4.78 is 18.8. The minimum atomic E-state index is -0.388. The first-order valence-corrected chi connectivity index (χ1v) is 5.80. The monoisotopic (exact) mass is 251 g/mol. The maximum absolute atomic E-state index is 13.5. The van der Waals surface area contributed by atoms with Gasteiger partial charge in [-0.25, -0.2) is 4.39 Å². The number of halogens is 1. The number of likely N-dealkylation sites (N-methyl/N-ethyl adjacent to an activating group) is 1. The molecule has 0 aliphatic heterocycles. The van der Waals surface area contributed by atoms with Gasteiger partial charge in [-0.3, -0.25) is 0 Å². The van der Waals surface area contributed by atoms with Crippen LogP contribution in [0.1, 0.15) is 12.0 Å². The standard InChI is InChI=1S/C14H18FNO2/c1-16(2)8-10-18-14-11-12(5-3-4-9-17)6-7-13(14)15/h6-7,11,17H,4,8-10H2,1-2H3. The van der Waals surface area contributed by atoms with Crippen molar-refractivity contribution in [3.8, 4) is 17.6 Å². The highest BCUT2D eigenvalue weighted by Gasteiger charge is 2.04. The molecule has 18 heavy (non-hydrogen) atoms. The van der Waals surface area contributed by atoms with Gasteiger partial charge in [0.15, 0.2) is 11.6 Å². The molecule has 0 aromatic heterocycles. The smallest absolute Gasteiger partial charge is 0.165 e.